The van der Waals surface area contributed by atoms with Crippen LogP contribution in [-0.2, 0) is 17.6 Å². The maximum atomic E-state index is 14.1. The summed E-state index contributed by atoms with van der Waals surface area (Å²) in [6, 6.07) is 1.94. The molecule has 1 atom stereocenters. The van der Waals surface area contributed by atoms with Crippen LogP contribution in [0, 0.1) is 0 Å². The highest BCUT2D eigenvalue weighted by molar-refractivity contribution is 7.14. The molecule has 1 aromatic rings. The average Bonchev–Trinajstić information content (AvgIpc) is 3.03. The van der Waals surface area contributed by atoms with Crippen molar-refractivity contribution in [1.82, 2.24) is 4.90 Å². The van der Waals surface area contributed by atoms with Crippen LogP contribution in [0.2, 0.25) is 0 Å². The number of fused-ring (bicyclic) bond motifs is 1. The zero-order valence-electron chi connectivity index (χ0n) is 12.4. The van der Waals surface area contributed by atoms with Gasteiger partial charge in [-0.25, -0.2) is 9.18 Å². The molecule has 22 heavy (non-hydrogen) atoms. The third-order valence-corrected chi connectivity index (χ3v) is 5.82. The van der Waals surface area contributed by atoms with Crippen molar-refractivity contribution in [3.05, 3.63) is 21.4 Å². The van der Waals surface area contributed by atoms with Gasteiger partial charge in [0.25, 0.3) is 5.91 Å². The van der Waals surface area contributed by atoms with E-state index in [1.807, 2.05) is 6.07 Å². The van der Waals surface area contributed by atoms with Crippen molar-refractivity contribution < 1.29 is 19.1 Å². The summed E-state index contributed by atoms with van der Waals surface area (Å²) in [5, 5.41) is 8.93. The molecule has 1 aliphatic carbocycles. The number of hydrogen-bond acceptors (Lipinski definition) is 3. The first-order valence-corrected chi connectivity index (χ1v) is 8.64. The molecule has 1 aromatic heterocycles. The monoisotopic (exact) mass is 325 g/mol. The Balaban J connectivity index is 1.76. The normalized spacial score (nSPS) is 25.4. The van der Waals surface area contributed by atoms with E-state index in [0.29, 0.717) is 4.88 Å². The summed E-state index contributed by atoms with van der Waals surface area (Å²) in [5.41, 5.74) is -1.04. The lowest BCUT2D eigenvalue weighted by Gasteiger charge is -2.16. The number of alkyl halides is 1. The highest BCUT2D eigenvalue weighted by Gasteiger charge is 2.47. The smallest absolute Gasteiger partial charge is 0.343 e. The zero-order chi connectivity index (χ0) is 15.7. The van der Waals surface area contributed by atoms with Crippen LogP contribution in [0.3, 0.4) is 0 Å². The molecule has 2 heterocycles. The Bertz CT molecular complexity index is 575. The van der Waals surface area contributed by atoms with Crippen LogP contribution in [0.25, 0.3) is 0 Å². The Morgan fingerprint density at radius 2 is 1.95 bits per heavy atom. The van der Waals surface area contributed by atoms with E-state index in [-0.39, 0.29) is 25.4 Å². The number of carboxylic acid groups (broad SMARTS) is 1. The number of carbonyl (C=O) groups excluding carboxylic acids is 1. The Labute approximate surface area is 132 Å². The van der Waals surface area contributed by atoms with E-state index in [0.717, 1.165) is 25.7 Å². The van der Waals surface area contributed by atoms with Crippen molar-refractivity contribution in [3.63, 3.8) is 0 Å². The van der Waals surface area contributed by atoms with Crippen molar-refractivity contribution >= 4 is 23.2 Å². The molecule has 0 bridgehead atoms. The predicted molar refractivity (Wildman–Crippen MR) is 82.2 cm³/mol. The summed E-state index contributed by atoms with van der Waals surface area (Å²) in [7, 11) is 0. The molecule has 6 heteroatoms. The maximum absolute atomic E-state index is 14.1. The third-order valence-electron chi connectivity index (χ3n) is 4.60. The number of rotatable bonds is 2. The second kappa shape index (κ2) is 5.99. The fraction of sp³-hybridized carbons (Fsp3) is 0.625. The molecular formula is C16H20FNO3S. The molecule has 0 radical (unpaired) electrons. The van der Waals surface area contributed by atoms with Gasteiger partial charge in [0, 0.05) is 17.8 Å². The van der Waals surface area contributed by atoms with Crippen molar-refractivity contribution in [2.24, 2.45) is 0 Å². The van der Waals surface area contributed by atoms with E-state index in [9.17, 15) is 14.0 Å². The topological polar surface area (TPSA) is 57.6 Å². The zero-order valence-corrected chi connectivity index (χ0v) is 13.3. The minimum absolute atomic E-state index is 0.126. The minimum Gasteiger partial charge on any atom is -0.479 e. The summed E-state index contributed by atoms with van der Waals surface area (Å²) < 4.78 is 14.1. The van der Waals surface area contributed by atoms with Gasteiger partial charge in [0.05, 0.1) is 11.4 Å². The highest BCUT2D eigenvalue weighted by Crippen LogP contribution is 2.32. The molecule has 1 unspecified atom stereocenters. The van der Waals surface area contributed by atoms with Crippen LogP contribution in [-0.4, -0.2) is 40.6 Å². The number of carbonyl (C=O) groups is 2. The fourth-order valence-electron chi connectivity index (χ4n) is 3.23. The van der Waals surface area contributed by atoms with Crippen LogP contribution in [0.1, 0.15) is 52.2 Å². The van der Waals surface area contributed by atoms with Crippen molar-refractivity contribution in [2.75, 3.05) is 13.1 Å². The summed E-state index contributed by atoms with van der Waals surface area (Å²) in [6.07, 6.45) is 6.64. The van der Waals surface area contributed by atoms with Crippen LogP contribution in [0.15, 0.2) is 6.07 Å². The average molecular weight is 325 g/mol. The lowest BCUT2D eigenvalue weighted by atomic mass is 10.00. The van der Waals surface area contributed by atoms with Gasteiger partial charge < -0.3 is 10.0 Å². The maximum Gasteiger partial charge on any atom is 0.343 e. The van der Waals surface area contributed by atoms with Crippen molar-refractivity contribution in [3.8, 4) is 0 Å². The van der Waals surface area contributed by atoms with Gasteiger partial charge in [-0.2, -0.15) is 0 Å². The number of aryl methyl sites for hydroxylation is 2. The molecule has 120 valence electrons. The van der Waals surface area contributed by atoms with E-state index < -0.39 is 11.6 Å². The first kappa shape index (κ1) is 15.5. The van der Waals surface area contributed by atoms with Gasteiger partial charge in [0.2, 0.25) is 5.67 Å². The lowest BCUT2D eigenvalue weighted by Crippen LogP contribution is -2.38. The van der Waals surface area contributed by atoms with E-state index in [1.54, 1.807) is 0 Å². The van der Waals surface area contributed by atoms with Crippen LogP contribution in [0.5, 0.6) is 0 Å². The Morgan fingerprint density at radius 3 is 2.64 bits per heavy atom. The van der Waals surface area contributed by atoms with Crippen LogP contribution in [0.4, 0.5) is 4.39 Å². The lowest BCUT2D eigenvalue weighted by molar-refractivity contribution is -0.149. The molecule has 1 fully saturated rings. The summed E-state index contributed by atoms with van der Waals surface area (Å²) in [4.78, 5) is 26.7. The van der Waals surface area contributed by atoms with E-state index in [1.165, 1.54) is 39.5 Å². The summed E-state index contributed by atoms with van der Waals surface area (Å²) in [6.45, 7) is -0.173. The summed E-state index contributed by atoms with van der Waals surface area (Å²) >= 11 is 1.50. The van der Waals surface area contributed by atoms with Gasteiger partial charge in [0.1, 0.15) is 0 Å². The molecule has 3 rings (SSSR count). The molecule has 0 aromatic carbocycles. The van der Waals surface area contributed by atoms with Gasteiger partial charge in [0.15, 0.2) is 0 Å². The first-order chi connectivity index (χ1) is 10.5. The molecule has 0 spiro atoms. The Kier molecular flexibility index (Phi) is 4.21. The van der Waals surface area contributed by atoms with E-state index >= 15 is 0 Å². The fourth-order valence-corrected chi connectivity index (χ4v) is 4.45. The van der Waals surface area contributed by atoms with Crippen molar-refractivity contribution in [2.45, 2.75) is 50.6 Å². The second-order valence-corrected chi connectivity index (χ2v) is 7.36. The number of nitrogens with zero attached hydrogens (tertiary/aromatic N) is 1. The van der Waals surface area contributed by atoms with Gasteiger partial charge in [-0.3, -0.25) is 4.79 Å². The number of thiophene rings is 1. The number of halogens is 1. The van der Waals surface area contributed by atoms with Crippen molar-refractivity contribution in [1.29, 1.82) is 0 Å². The molecular weight excluding hydrogens is 305 g/mol. The molecule has 0 saturated carbocycles. The molecule has 4 nitrogen and oxygen atoms in total. The Morgan fingerprint density at radius 1 is 1.23 bits per heavy atom. The molecule has 2 aliphatic rings. The third kappa shape index (κ3) is 2.89. The standard InChI is InChI=1S/C16H20FNO3S/c17-16(15(20)21)7-8-18(10-16)14(19)13-9-11-5-3-1-2-4-6-12(11)22-13/h9H,1-8,10H2,(H,20,21). The van der Waals surface area contributed by atoms with E-state index in [4.69, 9.17) is 5.11 Å². The SMILES string of the molecule is O=C(c1cc2c(s1)CCCCCC2)N1CCC(F)(C(=O)O)C1. The largest absolute Gasteiger partial charge is 0.479 e. The van der Waals surface area contributed by atoms with Gasteiger partial charge in [-0.1, -0.05) is 12.8 Å². The second-order valence-electron chi connectivity index (χ2n) is 6.22. The van der Waals surface area contributed by atoms with Gasteiger partial charge in [-0.15, -0.1) is 11.3 Å². The quantitative estimate of drug-likeness (QED) is 0.909. The first-order valence-electron chi connectivity index (χ1n) is 7.83. The molecule has 1 amide bonds. The van der Waals surface area contributed by atoms with Crippen LogP contribution >= 0.6 is 11.3 Å². The number of amides is 1. The number of likely N-dealkylation sites (tertiary alicyclic amines) is 1. The minimum atomic E-state index is -2.29. The Hall–Kier alpha value is -1.43. The number of carboxylic acids is 1. The van der Waals surface area contributed by atoms with Gasteiger partial charge >= 0.3 is 5.97 Å². The van der Waals surface area contributed by atoms with Crippen LogP contribution < -0.4 is 0 Å². The molecule has 1 saturated heterocycles. The van der Waals surface area contributed by atoms with E-state index in [2.05, 4.69) is 0 Å². The van der Waals surface area contributed by atoms with Gasteiger partial charge in [-0.05, 0) is 37.3 Å². The summed E-state index contributed by atoms with van der Waals surface area (Å²) in [5.74, 6) is -1.70. The number of hydrogen-bond donors (Lipinski definition) is 1. The molecule has 1 N–H and O–H groups in total. The highest BCUT2D eigenvalue weighted by atomic mass is 32.1. The molecule has 1 aliphatic heterocycles. The number of aliphatic carboxylic acids is 1. The predicted octanol–water partition coefficient (Wildman–Crippen LogP) is 3.05.